The summed E-state index contributed by atoms with van der Waals surface area (Å²) in [5.41, 5.74) is -0.509. The number of ketones is 1. The Morgan fingerprint density at radius 1 is 1.55 bits per heavy atom. The third kappa shape index (κ3) is 2.99. The zero-order valence-corrected chi connectivity index (χ0v) is 12.0. The van der Waals surface area contributed by atoms with Crippen molar-refractivity contribution in [1.82, 2.24) is 4.98 Å². The Labute approximate surface area is 122 Å². The van der Waals surface area contributed by atoms with Crippen LogP contribution in [0.1, 0.15) is 18.9 Å². The Bertz CT molecular complexity index is 502. The number of hydrogen-bond acceptors (Lipinski definition) is 5. The van der Waals surface area contributed by atoms with Gasteiger partial charge in [-0.05, 0) is 25.0 Å². The molecule has 0 N–H and O–H groups in total. The number of ether oxygens (including phenoxy) is 2. The first-order valence-corrected chi connectivity index (χ1v) is 6.85. The van der Waals surface area contributed by atoms with Crippen molar-refractivity contribution in [3.05, 3.63) is 29.0 Å². The van der Waals surface area contributed by atoms with Crippen LogP contribution in [0.4, 0.5) is 0 Å². The minimum absolute atomic E-state index is 0.0489. The molecule has 1 atom stereocenters. The summed E-state index contributed by atoms with van der Waals surface area (Å²) >= 11 is 5.74. The third-order valence-corrected chi connectivity index (χ3v) is 3.54. The zero-order valence-electron chi connectivity index (χ0n) is 11.2. The van der Waals surface area contributed by atoms with Crippen LogP contribution in [0.2, 0.25) is 5.15 Å². The number of Topliss-reactive ketones (excluding diaryl/α,β-unsaturated/α-hetero) is 1. The highest BCUT2D eigenvalue weighted by Crippen LogP contribution is 2.31. The van der Waals surface area contributed by atoms with Crippen molar-refractivity contribution in [1.29, 1.82) is 0 Å². The van der Waals surface area contributed by atoms with E-state index in [1.807, 2.05) is 0 Å². The molecule has 0 spiro atoms. The molecule has 2 heterocycles. The van der Waals surface area contributed by atoms with E-state index in [4.69, 9.17) is 21.1 Å². The molecule has 0 aliphatic carbocycles. The molecular weight excluding hydrogens is 282 g/mol. The van der Waals surface area contributed by atoms with Crippen LogP contribution < -0.4 is 0 Å². The summed E-state index contributed by atoms with van der Waals surface area (Å²) in [6, 6.07) is 3.38. The lowest BCUT2D eigenvalue weighted by atomic mass is 9.76. The Kier molecular flexibility index (Phi) is 4.73. The maximum absolute atomic E-state index is 12.3. The smallest absolute Gasteiger partial charge is 0.322 e. The van der Waals surface area contributed by atoms with Gasteiger partial charge in [0.25, 0.3) is 0 Å². The second-order valence-electron chi connectivity index (χ2n) is 4.69. The highest BCUT2D eigenvalue weighted by molar-refractivity contribution is 6.29. The first kappa shape index (κ1) is 14.9. The van der Waals surface area contributed by atoms with Gasteiger partial charge in [0.2, 0.25) is 0 Å². The van der Waals surface area contributed by atoms with Crippen LogP contribution >= 0.6 is 11.6 Å². The first-order chi connectivity index (χ1) is 9.58. The summed E-state index contributed by atoms with van der Waals surface area (Å²) in [5.74, 6) is -0.670. The van der Waals surface area contributed by atoms with Crippen molar-refractivity contribution in [2.24, 2.45) is 5.41 Å². The van der Waals surface area contributed by atoms with Gasteiger partial charge < -0.3 is 9.47 Å². The molecule has 1 saturated heterocycles. The number of carbonyl (C=O) groups is 2. The van der Waals surface area contributed by atoms with E-state index in [-0.39, 0.29) is 31.8 Å². The highest BCUT2D eigenvalue weighted by Gasteiger charge is 2.49. The molecule has 0 aromatic carbocycles. The van der Waals surface area contributed by atoms with Crippen molar-refractivity contribution in [3.8, 4) is 0 Å². The molecule has 1 aliphatic heterocycles. The number of rotatable bonds is 4. The van der Waals surface area contributed by atoms with E-state index < -0.39 is 11.4 Å². The number of esters is 1. The van der Waals surface area contributed by atoms with Crippen molar-refractivity contribution in [3.63, 3.8) is 0 Å². The molecule has 1 unspecified atom stereocenters. The topological polar surface area (TPSA) is 65.5 Å². The maximum Gasteiger partial charge on any atom is 0.322 e. The average molecular weight is 298 g/mol. The van der Waals surface area contributed by atoms with Crippen LogP contribution in [0, 0.1) is 5.41 Å². The summed E-state index contributed by atoms with van der Waals surface area (Å²) in [4.78, 5) is 28.5. The van der Waals surface area contributed by atoms with Crippen molar-refractivity contribution in [2.45, 2.75) is 19.8 Å². The molecule has 108 valence electrons. The van der Waals surface area contributed by atoms with E-state index in [0.717, 1.165) is 5.56 Å². The molecule has 1 aliphatic rings. The van der Waals surface area contributed by atoms with Crippen LogP contribution in [0.5, 0.6) is 0 Å². The van der Waals surface area contributed by atoms with Gasteiger partial charge in [0.1, 0.15) is 5.15 Å². The van der Waals surface area contributed by atoms with Crippen LogP contribution in [0.25, 0.3) is 0 Å². The average Bonchev–Trinajstić information content (AvgIpc) is 2.44. The zero-order chi connectivity index (χ0) is 14.6. The Morgan fingerprint density at radius 3 is 2.95 bits per heavy atom. The molecule has 1 fully saturated rings. The molecule has 0 saturated carbocycles. The van der Waals surface area contributed by atoms with Gasteiger partial charge in [0.05, 0.1) is 19.8 Å². The summed E-state index contributed by atoms with van der Waals surface area (Å²) in [6.45, 7) is 2.34. The molecule has 20 heavy (non-hydrogen) atoms. The van der Waals surface area contributed by atoms with E-state index in [2.05, 4.69) is 4.98 Å². The fraction of sp³-hybridized carbons (Fsp3) is 0.500. The van der Waals surface area contributed by atoms with Crippen molar-refractivity contribution >= 4 is 23.4 Å². The Hall–Kier alpha value is -1.46. The Balaban J connectivity index is 2.28. The molecule has 0 radical (unpaired) electrons. The monoisotopic (exact) mass is 297 g/mol. The number of nitrogens with zero attached hydrogens (tertiary/aromatic N) is 1. The van der Waals surface area contributed by atoms with Gasteiger partial charge in [-0.3, -0.25) is 9.59 Å². The third-order valence-electron chi connectivity index (χ3n) is 3.32. The van der Waals surface area contributed by atoms with Crippen LogP contribution in [0.3, 0.4) is 0 Å². The largest absolute Gasteiger partial charge is 0.465 e. The first-order valence-electron chi connectivity index (χ1n) is 6.47. The van der Waals surface area contributed by atoms with E-state index in [1.54, 1.807) is 25.3 Å². The summed E-state index contributed by atoms with van der Waals surface area (Å²) in [6.07, 6.45) is 2.00. The van der Waals surface area contributed by atoms with Gasteiger partial charge in [-0.1, -0.05) is 17.7 Å². The molecule has 1 aromatic rings. The van der Waals surface area contributed by atoms with Crippen molar-refractivity contribution < 1.29 is 19.1 Å². The molecule has 5 nitrogen and oxygen atoms in total. The van der Waals surface area contributed by atoms with Gasteiger partial charge in [-0.2, -0.15) is 0 Å². The summed E-state index contributed by atoms with van der Waals surface area (Å²) < 4.78 is 10.4. The Morgan fingerprint density at radius 2 is 2.35 bits per heavy atom. The fourth-order valence-electron chi connectivity index (χ4n) is 2.25. The predicted octanol–water partition coefficient (Wildman–Crippen LogP) is 1.82. The number of aromatic nitrogens is 1. The van der Waals surface area contributed by atoms with Crippen LogP contribution in [-0.2, 0) is 25.5 Å². The van der Waals surface area contributed by atoms with Crippen LogP contribution in [-0.4, -0.2) is 36.6 Å². The van der Waals surface area contributed by atoms with Gasteiger partial charge in [-0.25, -0.2) is 4.98 Å². The standard InChI is InChI=1S/C14H16ClNO4/c1-2-20-13(18)14(9-19-6-5-11(14)17)7-10-3-4-12(15)16-8-10/h3-4,8H,2,5-7,9H2,1H3. The molecule has 2 rings (SSSR count). The fourth-order valence-corrected chi connectivity index (χ4v) is 2.37. The summed E-state index contributed by atoms with van der Waals surface area (Å²) in [5, 5.41) is 0.366. The lowest BCUT2D eigenvalue weighted by Gasteiger charge is -2.33. The van der Waals surface area contributed by atoms with Gasteiger partial charge in [0.15, 0.2) is 11.2 Å². The SMILES string of the molecule is CCOC(=O)C1(Cc2ccc(Cl)nc2)COCCC1=O. The lowest BCUT2D eigenvalue weighted by molar-refractivity contribution is -0.169. The lowest BCUT2D eigenvalue weighted by Crippen LogP contribution is -2.49. The number of carbonyl (C=O) groups excluding carboxylic acids is 2. The molecule has 0 bridgehead atoms. The van der Waals surface area contributed by atoms with E-state index >= 15 is 0 Å². The predicted molar refractivity (Wildman–Crippen MR) is 72.5 cm³/mol. The van der Waals surface area contributed by atoms with Gasteiger partial charge in [0, 0.05) is 12.6 Å². The number of pyridine rings is 1. The maximum atomic E-state index is 12.3. The second-order valence-corrected chi connectivity index (χ2v) is 5.08. The second kappa shape index (κ2) is 6.33. The summed E-state index contributed by atoms with van der Waals surface area (Å²) in [7, 11) is 0. The molecular formula is C14H16ClNO4. The molecule has 1 aromatic heterocycles. The van der Waals surface area contributed by atoms with E-state index in [0.29, 0.717) is 11.8 Å². The normalized spacial score (nSPS) is 22.6. The quantitative estimate of drug-likeness (QED) is 0.482. The minimum atomic E-state index is -1.26. The van der Waals surface area contributed by atoms with E-state index in [9.17, 15) is 9.59 Å². The van der Waals surface area contributed by atoms with Crippen molar-refractivity contribution in [2.75, 3.05) is 19.8 Å². The van der Waals surface area contributed by atoms with E-state index in [1.165, 1.54) is 0 Å². The van der Waals surface area contributed by atoms with Gasteiger partial charge in [-0.15, -0.1) is 0 Å². The number of hydrogen-bond donors (Lipinski definition) is 0. The number of halogens is 1. The molecule has 0 amide bonds. The van der Waals surface area contributed by atoms with Crippen LogP contribution in [0.15, 0.2) is 18.3 Å². The molecule has 6 heteroatoms. The minimum Gasteiger partial charge on any atom is -0.465 e. The highest BCUT2D eigenvalue weighted by atomic mass is 35.5. The van der Waals surface area contributed by atoms with Gasteiger partial charge >= 0.3 is 5.97 Å².